The molecule has 6 heteroatoms. The van der Waals surface area contributed by atoms with E-state index in [0.29, 0.717) is 31.1 Å². The monoisotopic (exact) mass is 334 g/mol. The van der Waals surface area contributed by atoms with Crippen LogP contribution < -0.4 is 4.74 Å². The molecular formula is C19H18N4O2. The van der Waals surface area contributed by atoms with E-state index in [2.05, 4.69) is 21.0 Å². The van der Waals surface area contributed by atoms with Gasteiger partial charge < -0.3 is 9.64 Å². The van der Waals surface area contributed by atoms with Gasteiger partial charge in [0.15, 0.2) is 5.65 Å². The van der Waals surface area contributed by atoms with Gasteiger partial charge in [0.25, 0.3) is 5.91 Å². The van der Waals surface area contributed by atoms with Crippen LogP contribution in [0.4, 0.5) is 0 Å². The summed E-state index contributed by atoms with van der Waals surface area (Å²) >= 11 is 0. The average molecular weight is 334 g/mol. The molecule has 0 spiro atoms. The fraction of sp³-hybridized carbons (Fsp3) is 0.263. The summed E-state index contributed by atoms with van der Waals surface area (Å²) in [5.74, 6) is 0.513. The first-order valence-corrected chi connectivity index (χ1v) is 8.36. The molecule has 3 aromatic heterocycles. The van der Waals surface area contributed by atoms with Crippen molar-refractivity contribution >= 4 is 16.9 Å². The Balaban J connectivity index is 1.56. The third kappa shape index (κ3) is 3.03. The predicted octanol–water partition coefficient (Wildman–Crippen LogP) is 2.62. The number of ether oxygens (including phenoxy) is 1. The molecule has 0 radical (unpaired) electrons. The summed E-state index contributed by atoms with van der Waals surface area (Å²) in [4.78, 5) is 27.7. The van der Waals surface area contributed by atoms with Crippen molar-refractivity contribution in [2.75, 3.05) is 13.2 Å². The van der Waals surface area contributed by atoms with Crippen molar-refractivity contribution in [3.63, 3.8) is 0 Å². The second kappa shape index (κ2) is 6.47. The van der Waals surface area contributed by atoms with E-state index in [0.717, 1.165) is 28.7 Å². The summed E-state index contributed by atoms with van der Waals surface area (Å²) < 4.78 is 5.32. The largest absolute Gasteiger partial charge is 0.478 e. The van der Waals surface area contributed by atoms with Crippen LogP contribution in [0.5, 0.6) is 5.88 Å². The lowest BCUT2D eigenvalue weighted by molar-refractivity contribution is 0.0733. The first-order valence-electron chi connectivity index (χ1n) is 8.36. The SMILES string of the molecule is CCOc1ccc(C(=O)N2CCc3nc4ncccc4cc3C2)cn1. The molecule has 3 aromatic rings. The molecular weight excluding hydrogens is 316 g/mol. The minimum absolute atomic E-state index is 0.0208. The molecule has 6 nitrogen and oxygen atoms in total. The molecule has 0 saturated carbocycles. The van der Waals surface area contributed by atoms with Gasteiger partial charge in [-0.05, 0) is 36.8 Å². The molecule has 126 valence electrons. The summed E-state index contributed by atoms with van der Waals surface area (Å²) in [7, 11) is 0. The molecule has 0 fully saturated rings. The van der Waals surface area contributed by atoms with Crippen LogP contribution in [0, 0.1) is 0 Å². The Bertz CT molecular complexity index is 924. The first kappa shape index (κ1) is 15.5. The molecule has 4 rings (SSSR count). The van der Waals surface area contributed by atoms with Gasteiger partial charge in [-0.1, -0.05) is 0 Å². The zero-order valence-electron chi connectivity index (χ0n) is 14.0. The van der Waals surface area contributed by atoms with Gasteiger partial charge in [0.05, 0.1) is 12.2 Å². The van der Waals surface area contributed by atoms with Gasteiger partial charge in [-0.3, -0.25) is 4.79 Å². The molecule has 1 aliphatic rings. The fourth-order valence-electron chi connectivity index (χ4n) is 3.06. The molecule has 1 amide bonds. The normalized spacial score (nSPS) is 13.6. The van der Waals surface area contributed by atoms with Crippen LogP contribution in [0.15, 0.2) is 42.7 Å². The van der Waals surface area contributed by atoms with Gasteiger partial charge in [0.2, 0.25) is 5.88 Å². The molecule has 4 heterocycles. The Morgan fingerprint density at radius 2 is 2.20 bits per heavy atom. The third-order valence-electron chi connectivity index (χ3n) is 4.30. The Kier molecular flexibility index (Phi) is 4.01. The van der Waals surface area contributed by atoms with Crippen LogP contribution in [0.25, 0.3) is 11.0 Å². The lowest BCUT2D eigenvalue weighted by Gasteiger charge is -2.28. The predicted molar refractivity (Wildman–Crippen MR) is 93.4 cm³/mol. The van der Waals surface area contributed by atoms with Crippen LogP contribution in [0.2, 0.25) is 0 Å². The third-order valence-corrected chi connectivity index (χ3v) is 4.30. The molecule has 0 aliphatic carbocycles. The van der Waals surface area contributed by atoms with Crippen LogP contribution in [0.3, 0.4) is 0 Å². The Hall–Kier alpha value is -3.02. The van der Waals surface area contributed by atoms with Crippen molar-refractivity contribution in [3.05, 3.63) is 59.5 Å². The molecule has 0 aromatic carbocycles. The highest BCUT2D eigenvalue weighted by atomic mass is 16.5. The van der Waals surface area contributed by atoms with Crippen molar-refractivity contribution in [3.8, 4) is 5.88 Å². The Morgan fingerprint density at radius 3 is 3.00 bits per heavy atom. The van der Waals surface area contributed by atoms with Gasteiger partial charge in [-0.15, -0.1) is 0 Å². The average Bonchev–Trinajstić information content (AvgIpc) is 2.66. The maximum Gasteiger partial charge on any atom is 0.255 e. The smallest absolute Gasteiger partial charge is 0.255 e. The number of pyridine rings is 3. The summed E-state index contributed by atoms with van der Waals surface area (Å²) in [6.45, 7) is 3.65. The van der Waals surface area contributed by atoms with E-state index < -0.39 is 0 Å². The van der Waals surface area contributed by atoms with Crippen molar-refractivity contribution < 1.29 is 9.53 Å². The fourth-order valence-corrected chi connectivity index (χ4v) is 3.06. The van der Waals surface area contributed by atoms with E-state index in [1.807, 2.05) is 24.0 Å². The van der Waals surface area contributed by atoms with Crippen LogP contribution in [-0.4, -0.2) is 38.9 Å². The minimum Gasteiger partial charge on any atom is -0.478 e. The van der Waals surface area contributed by atoms with Crippen molar-refractivity contribution in [1.29, 1.82) is 0 Å². The molecule has 1 aliphatic heterocycles. The second-order valence-corrected chi connectivity index (χ2v) is 5.94. The second-order valence-electron chi connectivity index (χ2n) is 5.94. The van der Waals surface area contributed by atoms with Crippen molar-refractivity contribution in [1.82, 2.24) is 19.9 Å². The number of hydrogen-bond donors (Lipinski definition) is 0. The minimum atomic E-state index is -0.0208. The lowest BCUT2D eigenvalue weighted by Crippen LogP contribution is -2.36. The maximum atomic E-state index is 12.8. The quantitative estimate of drug-likeness (QED) is 0.736. The standard InChI is InChI=1S/C19H18N4O2/c1-2-25-17-6-5-14(11-21-17)19(24)23-9-7-16-15(12-23)10-13-4-3-8-20-18(13)22-16/h3-6,8,10-11H,2,7,9,12H2,1H3. The number of carbonyl (C=O) groups excluding carboxylic acids is 1. The van der Waals surface area contributed by atoms with Crippen LogP contribution in [0.1, 0.15) is 28.5 Å². The van der Waals surface area contributed by atoms with E-state index in [1.165, 1.54) is 0 Å². The van der Waals surface area contributed by atoms with Gasteiger partial charge >= 0.3 is 0 Å². The number of amides is 1. The highest BCUT2D eigenvalue weighted by Crippen LogP contribution is 2.23. The van der Waals surface area contributed by atoms with Gasteiger partial charge in [0.1, 0.15) is 0 Å². The highest BCUT2D eigenvalue weighted by molar-refractivity contribution is 5.94. The highest BCUT2D eigenvalue weighted by Gasteiger charge is 2.23. The number of aromatic nitrogens is 3. The summed E-state index contributed by atoms with van der Waals surface area (Å²) in [5.41, 5.74) is 3.44. The van der Waals surface area contributed by atoms with E-state index in [9.17, 15) is 4.79 Å². The molecule has 0 bridgehead atoms. The van der Waals surface area contributed by atoms with Gasteiger partial charge in [-0.2, -0.15) is 0 Å². The summed E-state index contributed by atoms with van der Waals surface area (Å²) in [6, 6.07) is 9.47. The maximum absolute atomic E-state index is 12.8. The number of nitrogens with zero attached hydrogens (tertiary/aromatic N) is 4. The molecule has 0 atom stereocenters. The lowest BCUT2D eigenvalue weighted by atomic mass is 10.0. The Labute approximate surface area is 145 Å². The zero-order chi connectivity index (χ0) is 17.2. The molecule has 0 N–H and O–H groups in total. The van der Waals surface area contributed by atoms with E-state index in [-0.39, 0.29) is 5.91 Å². The van der Waals surface area contributed by atoms with E-state index >= 15 is 0 Å². The molecule has 0 unspecified atom stereocenters. The molecule has 25 heavy (non-hydrogen) atoms. The number of fused-ring (bicyclic) bond motifs is 2. The van der Waals surface area contributed by atoms with E-state index in [4.69, 9.17) is 4.74 Å². The number of rotatable bonds is 3. The van der Waals surface area contributed by atoms with Crippen molar-refractivity contribution in [2.45, 2.75) is 19.9 Å². The van der Waals surface area contributed by atoms with Gasteiger partial charge in [-0.25, -0.2) is 15.0 Å². The van der Waals surface area contributed by atoms with Crippen LogP contribution in [-0.2, 0) is 13.0 Å². The van der Waals surface area contributed by atoms with Crippen molar-refractivity contribution in [2.24, 2.45) is 0 Å². The van der Waals surface area contributed by atoms with E-state index in [1.54, 1.807) is 24.5 Å². The van der Waals surface area contributed by atoms with Crippen LogP contribution >= 0.6 is 0 Å². The first-order chi connectivity index (χ1) is 12.2. The van der Waals surface area contributed by atoms with Gasteiger partial charge in [0, 0.05) is 49.1 Å². The Morgan fingerprint density at radius 1 is 1.28 bits per heavy atom. The summed E-state index contributed by atoms with van der Waals surface area (Å²) in [6.07, 6.45) is 4.06. The summed E-state index contributed by atoms with van der Waals surface area (Å²) in [5, 5.41) is 0.998. The topological polar surface area (TPSA) is 68.2 Å². The zero-order valence-corrected chi connectivity index (χ0v) is 14.0. The molecule has 0 saturated heterocycles. The number of carbonyl (C=O) groups is 1. The number of hydrogen-bond acceptors (Lipinski definition) is 5.